The average molecular weight is 688 g/mol. The van der Waals surface area contributed by atoms with Crippen molar-refractivity contribution in [3.8, 4) is 17.2 Å². The lowest BCUT2D eigenvalue weighted by atomic mass is 10.0. The molecule has 45 heavy (non-hydrogen) atoms. The average Bonchev–Trinajstić information content (AvgIpc) is 3.87. The number of anilines is 1. The number of ether oxygens (including phenoxy) is 4. The molecule has 2 aliphatic rings. The SMILES string of the molecule is CS(=O)(=O)Nc1cc(C(=O)OC(Cc2c(Cl)c[n+]([O-])cc2Cl)c2ccc(OC(F)F)c(OCC3CC3)c2)ccc1OCC1CC1. The zero-order valence-corrected chi connectivity index (χ0v) is 26.3. The molecule has 2 saturated carbocycles. The van der Waals surface area contributed by atoms with Crippen molar-refractivity contribution in [1.82, 2.24) is 0 Å². The Labute approximate surface area is 268 Å². The summed E-state index contributed by atoms with van der Waals surface area (Å²) in [6.07, 6.45) is 5.88. The number of hydrogen-bond acceptors (Lipinski definition) is 8. The fraction of sp³-hybridized carbons (Fsp3) is 0.400. The van der Waals surface area contributed by atoms with Crippen molar-refractivity contribution in [1.29, 1.82) is 0 Å². The monoisotopic (exact) mass is 686 g/mol. The second kappa shape index (κ2) is 13.8. The fourth-order valence-corrected chi connectivity index (χ4v) is 5.57. The van der Waals surface area contributed by atoms with Gasteiger partial charge in [0.2, 0.25) is 10.0 Å². The molecule has 0 bridgehead atoms. The van der Waals surface area contributed by atoms with E-state index in [0.29, 0.717) is 40.9 Å². The molecule has 2 fully saturated rings. The quantitative estimate of drug-likeness (QED) is 0.112. The zero-order valence-electron chi connectivity index (χ0n) is 24.0. The van der Waals surface area contributed by atoms with Gasteiger partial charge in [0.05, 0.1) is 30.7 Å². The van der Waals surface area contributed by atoms with E-state index in [-0.39, 0.29) is 45.0 Å². The van der Waals surface area contributed by atoms with Crippen molar-refractivity contribution in [2.75, 3.05) is 24.2 Å². The molecule has 1 atom stereocenters. The molecular formula is C30H30Cl2F2N2O8S. The molecule has 0 aliphatic heterocycles. The van der Waals surface area contributed by atoms with Crippen molar-refractivity contribution in [3.05, 3.63) is 80.7 Å². The molecule has 242 valence electrons. The van der Waals surface area contributed by atoms with Crippen molar-refractivity contribution < 1.29 is 45.7 Å². The number of rotatable bonds is 15. The summed E-state index contributed by atoms with van der Waals surface area (Å²) in [5.41, 5.74) is 0.679. The van der Waals surface area contributed by atoms with Crippen LogP contribution in [-0.4, -0.2) is 40.5 Å². The summed E-state index contributed by atoms with van der Waals surface area (Å²) in [4.78, 5) is 13.6. The van der Waals surface area contributed by atoms with Gasteiger partial charge in [0.25, 0.3) is 0 Å². The normalized spacial score (nSPS) is 15.4. The van der Waals surface area contributed by atoms with E-state index in [1.54, 1.807) is 0 Å². The van der Waals surface area contributed by atoms with E-state index in [0.717, 1.165) is 44.3 Å². The van der Waals surface area contributed by atoms with Crippen LogP contribution in [0.1, 0.15) is 53.3 Å². The second-order valence-corrected chi connectivity index (χ2v) is 13.6. The van der Waals surface area contributed by atoms with Crippen LogP contribution >= 0.6 is 23.2 Å². The zero-order chi connectivity index (χ0) is 32.3. The number of pyridine rings is 1. The summed E-state index contributed by atoms with van der Waals surface area (Å²) in [6.45, 7) is -2.40. The van der Waals surface area contributed by atoms with E-state index < -0.39 is 28.7 Å². The summed E-state index contributed by atoms with van der Waals surface area (Å²) in [5, 5.41) is 11.9. The van der Waals surface area contributed by atoms with Crippen LogP contribution in [0.3, 0.4) is 0 Å². The van der Waals surface area contributed by atoms with Gasteiger partial charge in [-0.2, -0.15) is 13.5 Å². The molecule has 0 saturated heterocycles. The Bertz CT molecular complexity index is 1650. The number of halogens is 4. The Hall–Kier alpha value is -3.55. The van der Waals surface area contributed by atoms with Crippen molar-refractivity contribution in [3.63, 3.8) is 0 Å². The highest BCUT2D eigenvalue weighted by atomic mass is 35.5. The highest BCUT2D eigenvalue weighted by molar-refractivity contribution is 7.92. The predicted molar refractivity (Wildman–Crippen MR) is 162 cm³/mol. The summed E-state index contributed by atoms with van der Waals surface area (Å²) in [6, 6.07) is 8.35. The number of aromatic nitrogens is 1. The van der Waals surface area contributed by atoms with Gasteiger partial charge in [-0.05, 0) is 73.4 Å². The highest BCUT2D eigenvalue weighted by Crippen LogP contribution is 2.39. The van der Waals surface area contributed by atoms with Crippen LogP contribution in [0.5, 0.6) is 17.2 Å². The minimum Gasteiger partial charge on any atom is -0.619 e. The number of carbonyl (C=O) groups excluding carboxylic acids is 1. The number of alkyl halides is 2. The van der Waals surface area contributed by atoms with Crippen LogP contribution < -0.4 is 23.7 Å². The van der Waals surface area contributed by atoms with Crippen molar-refractivity contribution in [2.45, 2.75) is 44.8 Å². The molecule has 3 aromatic rings. The van der Waals surface area contributed by atoms with Crippen LogP contribution in [0.25, 0.3) is 0 Å². The third kappa shape index (κ3) is 9.47. The van der Waals surface area contributed by atoms with Crippen LogP contribution in [0.15, 0.2) is 48.8 Å². The molecule has 0 spiro atoms. The largest absolute Gasteiger partial charge is 0.619 e. The highest BCUT2D eigenvalue weighted by Gasteiger charge is 2.28. The predicted octanol–water partition coefficient (Wildman–Crippen LogP) is 6.32. The molecule has 1 heterocycles. The van der Waals surface area contributed by atoms with Gasteiger partial charge in [0, 0.05) is 12.0 Å². The van der Waals surface area contributed by atoms with E-state index >= 15 is 0 Å². The molecule has 10 nitrogen and oxygen atoms in total. The summed E-state index contributed by atoms with van der Waals surface area (Å²) >= 11 is 12.7. The van der Waals surface area contributed by atoms with Crippen LogP contribution in [0.4, 0.5) is 14.5 Å². The minimum absolute atomic E-state index is 0.00422. The molecule has 1 aromatic heterocycles. The summed E-state index contributed by atoms with van der Waals surface area (Å²) in [7, 11) is -3.73. The Morgan fingerprint density at radius 1 is 0.978 bits per heavy atom. The molecule has 15 heteroatoms. The summed E-state index contributed by atoms with van der Waals surface area (Å²) < 4.78 is 75.3. The number of esters is 1. The van der Waals surface area contributed by atoms with Gasteiger partial charge in [-0.1, -0.05) is 29.3 Å². The smallest absolute Gasteiger partial charge is 0.387 e. The van der Waals surface area contributed by atoms with E-state index in [9.17, 15) is 27.2 Å². The van der Waals surface area contributed by atoms with Crippen molar-refractivity contribution >= 4 is 44.9 Å². The van der Waals surface area contributed by atoms with Gasteiger partial charge < -0.3 is 24.2 Å². The maximum Gasteiger partial charge on any atom is 0.387 e. The van der Waals surface area contributed by atoms with Gasteiger partial charge in [-0.3, -0.25) is 4.72 Å². The van der Waals surface area contributed by atoms with E-state index in [2.05, 4.69) is 9.46 Å². The van der Waals surface area contributed by atoms with E-state index in [4.69, 9.17) is 37.4 Å². The first-order chi connectivity index (χ1) is 21.3. The number of hydrogen-bond donors (Lipinski definition) is 1. The molecular weight excluding hydrogens is 657 g/mol. The number of carbonyl (C=O) groups is 1. The number of benzene rings is 2. The first-order valence-electron chi connectivity index (χ1n) is 14.1. The maximum atomic E-state index is 13.6. The first kappa shape index (κ1) is 32.8. The molecule has 2 aromatic carbocycles. The Balaban J connectivity index is 1.47. The van der Waals surface area contributed by atoms with E-state index in [1.807, 2.05) is 0 Å². The number of sulfonamides is 1. The lowest BCUT2D eigenvalue weighted by molar-refractivity contribution is -0.605. The first-order valence-corrected chi connectivity index (χ1v) is 16.7. The van der Waals surface area contributed by atoms with Gasteiger partial charge in [0.1, 0.15) is 21.9 Å². The third-order valence-electron chi connectivity index (χ3n) is 7.11. The standard InChI is InChI=1S/C30H30Cl2F2N2O8S/c1-45(39,40)35-24-10-20(7-8-25(24)41-15-17-2-3-17)29(37)43-27(12-21-22(31)13-36(38)14-23(21)32)19-6-9-26(44-30(33)34)28(11-19)42-16-18-4-5-18/h6-11,13-14,17-18,27,30,35H,2-5,12,15-16H2,1H3. The fourth-order valence-electron chi connectivity index (χ4n) is 4.41. The Morgan fingerprint density at radius 3 is 2.16 bits per heavy atom. The Kier molecular flexibility index (Phi) is 10.1. The topological polar surface area (TPSA) is 127 Å². The van der Waals surface area contributed by atoms with Crippen LogP contribution in [0.2, 0.25) is 10.0 Å². The molecule has 5 rings (SSSR count). The third-order valence-corrected chi connectivity index (χ3v) is 8.35. The van der Waals surface area contributed by atoms with E-state index in [1.165, 1.54) is 36.4 Å². The van der Waals surface area contributed by atoms with Gasteiger partial charge >= 0.3 is 12.6 Å². The lowest BCUT2D eigenvalue weighted by Gasteiger charge is -2.22. The van der Waals surface area contributed by atoms with Gasteiger partial charge in [-0.25, -0.2) is 13.2 Å². The molecule has 1 N–H and O–H groups in total. The van der Waals surface area contributed by atoms with Crippen molar-refractivity contribution in [2.24, 2.45) is 11.8 Å². The van der Waals surface area contributed by atoms with Gasteiger partial charge in [-0.15, -0.1) is 0 Å². The Morgan fingerprint density at radius 2 is 1.58 bits per heavy atom. The van der Waals surface area contributed by atoms with Gasteiger partial charge in [0.15, 0.2) is 23.9 Å². The van der Waals surface area contributed by atoms with Crippen LogP contribution in [-0.2, 0) is 21.2 Å². The number of nitrogens with zero attached hydrogens (tertiary/aromatic N) is 1. The summed E-state index contributed by atoms with van der Waals surface area (Å²) in [5.74, 6) is -0.0682. The minimum atomic E-state index is -3.73. The van der Waals surface area contributed by atoms with Crippen LogP contribution in [0, 0.1) is 17.0 Å². The molecule has 1 unspecified atom stereocenters. The second-order valence-electron chi connectivity index (χ2n) is 11.1. The molecule has 0 amide bonds. The molecule has 2 aliphatic carbocycles. The number of nitrogens with one attached hydrogen (secondary N) is 1. The molecule has 0 radical (unpaired) electrons. The maximum absolute atomic E-state index is 13.6. The lowest BCUT2D eigenvalue weighted by Crippen LogP contribution is -2.25.